The second-order valence-electron chi connectivity index (χ2n) is 4.41. The van der Waals surface area contributed by atoms with Crippen molar-refractivity contribution in [1.82, 2.24) is 4.57 Å². The quantitative estimate of drug-likeness (QED) is 0.532. The molecular formula is C16H12N2O2. The van der Waals surface area contributed by atoms with E-state index in [4.69, 9.17) is 0 Å². The highest BCUT2D eigenvalue weighted by Gasteiger charge is 2.07. The lowest BCUT2D eigenvalue weighted by Gasteiger charge is -2.04. The van der Waals surface area contributed by atoms with E-state index in [0.717, 1.165) is 28.4 Å². The second-order valence-corrected chi connectivity index (χ2v) is 4.41. The van der Waals surface area contributed by atoms with Crippen LogP contribution in [-0.4, -0.2) is 9.49 Å². The molecule has 98 valence electrons. The number of benzene rings is 2. The van der Waals surface area contributed by atoms with E-state index >= 15 is 0 Å². The third-order valence-corrected chi connectivity index (χ3v) is 3.15. The molecule has 0 radical (unpaired) electrons. The lowest BCUT2D eigenvalue weighted by molar-refractivity contribution is -0.400. The average molecular weight is 264 g/mol. The predicted molar refractivity (Wildman–Crippen MR) is 79.3 cm³/mol. The first kappa shape index (κ1) is 12.2. The molecule has 4 nitrogen and oxygen atoms in total. The van der Waals surface area contributed by atoms with Crippen LogP contribution in [-0.2, 0) is 0 Å². The highest BCUT2D eigenvalue weighted by atomic mass is 16.6. The van der Waals surface area contributed by atoms with Crippen LogP contribution < -0.4 is 0 Å². The third kappa shape index (κ3) is 2.19. The second kappa shape index (κ2) is 5.01. The van der Waals surface area contributed by atoms with E-state index in [1.54, 1.807) is 0 Å². The molecule has 4 heteroatoms. The van der Waals surface area contributed by atoms with Gasteiger partial charge in [0.1, 0.15) is 0 Å². The molecule has 0 aliphatic carbocycles. The molecule has 0 aliphatic rings. The monoisotopic (exact) mass is 264 g/mol. The molecule has 0 amide bonds. The van der Waals surface area contributed by atoms with Crippen molar-refractivity contribution < 1.29 is 4.92 Å². The van der Waals surface area contributed by atoms with Crippen LogP contribution in [0.1, 0.15) is 5.56 Å². The van der Waals surface area contributed by atoms with Gasteiger partial charge in [0, 0.05) is 28.9 Å². The summed E-state index contributed by atoms with van der Waals surface area (Å²) in [4.78, 5) is 10.0. The molecule has 0 saturated heterocycles. The maximum absolute atomic E-state index is 10.5. The normalized spacial score (nSPS) is 11.2. The third-order valence-electron chi connectivity index (χ3n) is 3.15. The molecule has 0 aliphatic heterocycles. The molecule has 0 unspecified atom stereocenters. The minimum atomic E-state index is -0.450. The van der Waals surface area contributed by atoms with Crippen LogP contribution >= 0.6 is 0 Å². The van der Waals surface area contributed by atoms with Crippen LogP contribution in [0.15, 0.2) is 67.0 Å². The van der Waals surface area contributed by atoms with E-state index < -0.39 is 4.92 Å². The van der Waals surface area contributed by atoms with Gasteiger partial charge in [-0.15, -0.1) is 0 Å². The molecule has 3 rings (SSSR count). The summed E-state index contributed by atoms with van der Waals surface area (Å²) in [6, 6.07) is 17.8. The summed E-state index contributed by atoms with van der Waals surface area (Å²) in [5.74, 6) is 0. The molecule has 3 aromatic rings. The van der Waals surface area contributed by atoms with E-state index in [-0.39, 0.29) is 0 Å². The summed E-state index contributed by atoms with van der Waals surface area (Å²) in [5.41, 5.74) is 2.90. The summed E-state index contributed by atoms with van der Waals surface area (Å²) in [6.45, 7) is 0. The highest BCUT2D eigenvalue weighted by Crippen LogP contribution is 2.25. The highest BCUT2D eigenvalue weighted by molar-refractivity contribution is 5.90. The summed E-state index contributed by atoms with van der Waals surface area (Å²) in [7, 11) is 0. The van der Waals surface area contributed by atoms with Gasteiger partial charge in [0.2, 0.25) is 6.20 Å². The van der Waals surface area contributed by atoms with E-state index in [1.165, 1.54) is 6.08 Å². The van der Waals surface area contributed by atoms with Gasteiger partial charge in [-0.05, 0) is 18.2 Å². The molecule has 20 heavy (non-hydrogen) atoms. The molecule has 0 bridgehead atoms. The van der Waals surface area contributed by atoms with Gasteiger partial charge in [-0.3, -0.25) is 10.1 Å². The molecule has 1 aromatic heterocycles. The molecule has 2 aromatic carbocycles. The summed E-state index contributed by atoms with van der Waals surface area (Å²) >= 11 is 0. The van der Waals surface area contributed by atoms with Crippen LogP contribution in [0.2, 0.25) is 0 Å². The van der Waals surface area contributed by atoms with Crippen LogP contribution in [0.3, 0.4) is 0 Å². The van der Waals surface area contributed by atoms with Gasteiger partial charge in [0.25, 0.3) is 0 Å². The number of rotatable bonds is 3. The Morgan fingerprint density at radius 1 is 1.00 bits per heavy atom. The first-order chi connectivity index (χ1) is 9.75. The Hall–Kier alpha value is -2.88. The lowest BCUT2D eigenvalue weighted by atomic mass is 10.2. The van der Waals surface area contributed by atoms with Crippen LogP contribution in [0.25, 0.3) is 22.7 Å². The Labute approximate surface area is 115 Å². The Morgan fingerprint density at radius 2 is 1.70 bits per heavy atom. The van der Waals surface area contributed by atoms with Crippen LogP contribution in [0.5, 0.6) is 0 Å². The Balaban J connectivity index is 2.21. The predicted octanol–water partition coefficient (Wildman–Crippen LogP) is 3.88. The Morgan fingerprint density at radius 3 is 2.45 bits per heavy atom. The van der Waals surface area contributed by atoms with Crippen molar-refractivity contribution in [2.45, 2.75) is 0 Å². The van der Waals surface area contributed by atoms with E-state index in [1.807, 2.05) is 65.4 Å². The fraction of sp³-hybridized carbons (Fsp3) is 0. The number of aromatic nitrogens is 1. The smallest absolute Gasteiger partial charge is 0.235 e. The molecule has 1 heterocycles. The zero-order chi connectivity index (χ0) is 13.9. The molecule has 0 atom stereocenters. The van der Waals surface area contributed by atoms with E-state index in [2.05, 4.69) is 0 Å². The maximum Gasteiger partial charge on any atom is 0.235 e. The van der Waals surface area contributed by atoms with Gasteiger partial charge >= 0.3 is 0 Å². The van der Waals surface area contributed by atoms with Crippen molar-refractivity contribution in [2.75, 3.05) is 0 Å². The molecular weight excluding hydrogens is 252 g/mol. The van der Waals surface area contributed by atoms with Crippen molar-refractivity contribution in [3.8, 4) is 5.69 Å². The van der Waals surface area contributed by atoms with Crippen molar-refractivity contribution in [3.63, 3.8) is 0 Å². The number of hydrogen-bond donors (Lipinski definition) is 0. The minimum absolute atomic E-state index is 0.450. The molecule has 0 spiro atoms. The molecule has 0 N–H and O–H groups in total. The van der Waals surface area contributed by atoms with Gasteiger partial charge in [-0.1, -0.05) is 36.4 Å². The maximum atomic E-state index is 10.5. The van der Waals surface area contributed by atoms with Crippen molar-refractivity contribution in [2.24, 2.45) is 0 Å². The van der Waals surface area contributed by atoms with Crippen LogP contribution in [0.4, 0.5) is 0 Å². The zero-order valence-electron chi connectivity index (χ0n) is 10.6. The number of fused-ring (bicyclic) bond motifs is 1. The summed E-state index contributed by atoms with van der Waals surface area (Å²) in [5, 5.41) is 11.5. The van der Waals surface area contributed by atoms with E-state index in [9.17, 15) is 10.1 Å². The zero-order valence-corrected chi connectivity index (χ0v) is 10.6. The van der Waals surface area contributed by atoms with Crippen molar-refractivity contribution in [1.29, 1.82) is 0 Å². The van der Waals surface area contributed by atoms with Crippen LogP contribution in [0, 0.1) is 10.1 Å². The van der Waals surface area contributed by atoms with Gasteiger partial charge < -0.3 is 4.57 Å². The number of nitrogens with zero attached hydrogens (tertiary/aromatic N) is 2. The average Bonchev–Trinajstić information content (AvgIpc) is 2.85. The summed E-state index contributed by atoms with van der Waals surface area (Å²) < 4.78 is 2.04. The number of hydrogen-bond acceptors (Lipinski definition) is 2. The van der Waals surface area contributed by atoms with Crippen molar-refractivity contribution >= 4 is 17.0 Å². The van der Waals surface area contributed by atoms with Gasteiger partial charge in [0.05, 0.1) is 10.4 Å². The Kier molecular flexibility index (Phi) is 3.05. The molecule has 0 fully saturated rings. The number of para-hydroxylation sites is 2. The first-order valence-electron chi connectivity index (χ1n) is 6.23. The first-order valence-corrected chi connectivity index (χ1v) is 6.23. The topological polar surface area (TPSA) is 48.1 Å². The largest absolute Gasteiger partial charge is 0.316 e. The summed E-state index contributed by atoms with van der Waals surface area (Å²) in [6.07, 6.45) is 4.42. The van der Waals surface area contributed by atoms with E-state index in [0.29, 0.717) is 0 Å². The molecule has 0 saturated carbocycles. The van der Waals surface area contributed by atoms with Gasteiger partial charge in [-0.25, -0.2) is 0 Å². The van der Waals surface area contributed by atoms with Crippen molar-refractivity contribution in [3.05, 3.63) is 82.7 Å². The Bertz CT molecular complexity index is 789. The fourth-order valence-electron chi connectivity index (χ4n) is 2.28. The number of nitro groups is 1. The SMILES string of the molecule is O=[N+]([O-])C=Cc1cn(-c2ccccc2)c2ccccc12. The van der Waals surface area contributed by atoms with Gasteiger partial charge in [0.15, 0.2) is 0 Å². The lowest BCUT2D eigenvalue weighted by Crippen LogP contribution is -1.90. The standard InChI is InChI=1S/C16H12N2O2/c19-18(20)11-10-13-12-17(14-6-2-1-3-7-14)16-9-5-4-8-15(13)16/h1-12H. The minimum Gasteiger partial charge on any atom is -0.316 e. The van der Waals surface area contributed by atoms with Gasteiger partial charge in [-0.2, -0.15) is 0 Å². The fourth-order valence-corrected chi connectivity index (χ4v) is 2.28.